The van der Waals surface area contributed by atoms with Crippen molar-refractivity contribution in [2.24, 2.45) is 5.41 Å². The number of ether oxygens (including phenoxy) is 1. The highest BCUT2D eigenvalue weighted by molar-refractivity contribution is 6.99. The predicted octanol–water partition coefficient (Wildman–Crippen LogP) is 4.42. The largest absolute Gasteiger partial charge is 0.461 e. The van der Waals surface area contributed by atoms with Gasteiger partial charge in [-0.05, 0) is 28.3 Å². The van der Waals surface area contributed by atoms with Gasteiger partial charge in [-0.1, -0.05) is 101 Å². The molecule has 2 aromatic rings. The van der Waals surface area contributed by atoms with Crippen LogP contribution in [0, 0.1) is 5.41 Å². The Bertz CT molecular complexity index is 894. The molecule has 0 heterocycles. The fraction of sp³-hybridized carbons (Fsp3) is 0.407. The van der Waals surface area contributed by atoms with E-state index < -0.39 is 19.7 Å². The normalized spacial score (nSPS) is 19.4. The zero-order valence-corrected chi connectivity index (χ0v) is 20.4. The third kappa shape index (κ3) is 4.50. The summed E-state index contributed by atoms with van der Waals surface area (Å²) in [5.41, 5.74) is -1.26. The number of hydrogen-bond acceptors (Lipinski definition) is 4. The molecule has 1 fully saturated rings. The summed E-state index contributed by atoms with van der Waals surface area (Å²) in [5.74, 6) is -0.559. The van der Waals surface area contributed by atoms with Crippen molar-refractivity contribution < 1.29 is 18.8 Å². The fourth-order valence-corrected chi connectivity index (χ4v) is 9.40. The lowest BCUT2D eigenvalue weighted by molar-refractivity contribution is -0.164. The third-order valence-electron chi connectivity index (χ3n) is 6.47. The summed E-state index contributed by atoms with van der Waals surface area (Å²) in [6, 6.07) is 20.5. The van der Waals surface area contributed by atoms with Gasteiger partial charge in [0.05, 0.1) is 6.61 Å². The highest BCUT2D eigenvalue weighted by Crippen LogP contribution is 2.41. The summed E-state index contributed by atoms with van der Waals surface area (Å²) in [6.45, 7) is 10.3. The highest BCUT2D eigenvalue weighted by atomic mass is 28.4. The van der Waals surface area contributed by atoms with Crippen LogP contribution in [0.1, 0.15) is 46.5 Å². The van der Waals surface area contributed by atoms with Gasteiger partial charge in [0, 0.05) is 6.42 Å². The van der Waals surface area contributed by atoms with Gasteiger partial charge in [-0.2, -0.15) is 0 Å². The molecule has 1 saturated carbocycles. The summed E-state index contributed by atoms with van der Waals surface area (Å²) in [4.78, 5) is 26.3. The molecule has 0 N–H and O–H groups in total. The maximum absolute atomic E-state index is 13.2. The lowest BCUT2D eigenvalue weighted by Crippen LogP contribution is -2.68. The van der Waals surface area contributed by atoms with Crippen LogP contribution in [0.3, 0.4) is 0 Å². The van der Waals surface area contributed by atoms with E-state index in [-0.39, 0.29) is 24.0 Å². The van der Waals surface area contributed by atoms with E-state index in [1.165, 1.54) is 6.08 Å². The first-order valence-corrected chi connectivity index (χ1v) is 13.3. The molecule has 1 aliphatic carbocycles. The minimum absolute atomic E-state index is 0.0368. The molecular formula is C27H34O4Si. The van der Waals surface area contributed by atoms with Gasteiger partial charge < -0.3 is 9.16 Å². The van der Waals surface area contributed by atoms with Crippen LogP contribution in [-0.4, -0.2) is 33.3 Å². The van der Waals surface area contributed by atoms with E-state index in [9.17, 15) is 9.59 Å². The average molecular weight is 451 g/mol. The maximum atomic E-state index is 13.2. The van der Waals surface area contributed by atoms with Crippen molar-refractivity contribution in [3.63, 3.8) is 0 Å². The van der Waals surface area contributed by atoms with Gasteiger partial charge in [0.15, 0.2) is 5.78 Å². The van der Waals surface area contributed by atoms with Gasteiger partial charge in [-0.3, -0.25) is 9.59 Å². The number of ketones is 1. The SMILES string of the molecule is C=CCOC(=O)C1(CO[Si](c2ccccc2)(c2ccccc2)C(C)(C)C)CCCCC1=O. The standard InChI is InChI=1S/C27H34O4Si/c1-5-20-30-25(29)27(19-13-12-18-24(27)28)21-31-32(26(2,3)4,22-14-8-6-9-15-22)23-16-10-7-11-17-23/h5-11,14-17H,1,12-13,18-21H2,2-4H3. The minimum Gasteiger partial charge on any atom is -0.461 e. The molecule has 0 amide bonds. The van der Waals surface area contributed by atoms with Crippen LogP contribution in [0.15, 0.2) is 73.3 Å². The van der Waals surface area contributed by atoms with E-state index in [1.54, 1.807) is 0 Å². The molecule has 0 aromatic heterocycles. The number of Topliss-reactive ketones (excluding diaryl/α,β-unsaturated/α-hetero) is 1. The zero-order chi connectivity index (χ0) is 23.2. The Labute approximate surface area is 192 Å². The number of hydrogen-bond donors (Lipinski definition) is 0. The maximum Gasteiger partial charge on any atom is 0.322 e. The molecule has 4 nitrogen and oxygen atoms in total. The number of esters is 1. The smallest absolute Gasteiger partial charge is 0.322 e. The zero-order valence-electron chi connectivity index (χ0n) is 19.4. The van der Waals surface area contributed by atoms with Crippen LogP contribution in [0.4, 0.5) is 0 Å². The second-order valence-corrected chi connectivity index (χ2v) is 13.9. The molecule has 0 bridgehead atoms. The molecule has 0 spiro atoms. The molecular weight excluding hydrogens is 416 g/mol. The van der Waals surface area contributed by atoms with Gasteiger partial charge in [0.2, 0.25) is 0 Å². The van der Waals surface area contributed by atoms with E-state index in [2.05, 4.69) is 51.6 Å². The summed E-state index contributed by atoms with van der Waals surface area (Å²) in [6.07, 6.45) is 3.97. The summed E-state index contributed by atoms with van der Waals surface area (Å²) >= 11 is 0. The Balaban J connectivity index is 2.11. The molecule has 170 valence electrons. The van der Waals surface area contributed by atoms with Gasteiger partial charge in [-0.15, -0.1) is 0 Å². The highest BCUT2D eigenvalue weighted by Gasteiger charge is 2.55. The van der Waals surface area contributed by atoms with E-state index >= 15 is 0 Å². The van der Waals surface area contributed by atoms with Crippen LogP contribution in [0.5, 0.6) is 0 Å². The van der Waals surface area contributed by atoms with E-state index in [0.717, 1.165) is 23.2 Å². The van der Waals surface area contributed by atoms with Crippen LogP contribution < -0.4 is 10.4 Å². The lowest BCUT2D eigenvalue weighted by Gasteiger charge is -2.45. The van der Waals surface area contributed by atoms with Crippen LogP contribution in [0.25, 0.3) is 0 Å². The fourth-order valence-electron chi connectivity index (χ4n) is 4.78. The second-order valence-electron chi connectivity index (χ2n) is 9.55. The van der Waals surface area contributed by atoms with Crippen molar-refractivity contribution in [2.75, 3.05) is 13.2 Å². The first kappa shape index (κ1) is 24.1. The molecule has 0 aliphatic heterocycles. The molecule has 1 atom stereocenters. The topological polar surface area (TPSA) is 52.6 Å². The van der Waals surface area contributed by atoms with Crippen molar-refractivity contribution in [1.82, 2.24) is 0 Å². The second kappa shape index (κ2) is 9.97. The van der Waals surface area contributed by atoms with E-state index in [0.29, 0.717) is 12.8 Å². The molecule has 1 unspecified atom stereocenters. The van der Waals surface area contributed by atoms with Gasteiger partial charge in [0.1, 0.15) is 12.0 Å². The number of carbonyl (C=O) groups is 2. The Kier molecular flexibility index (Phi) is 7.52. The van der Waals surface area contributed by atoms with E-state index in [1.807, 2.05) is 36.4 Å². The lowest BCUT2D eigenvalue weighted by atomic mass is 9.73. The predicted molar refractivity (Wildman–Crippen MR) is 131 cm³/mol. The van der Waals surface area contributed by atoms with Gasteiger partial charge >= 0.3 is 5.97 Å². The molecule has 1 aliphatic rings. The van der Waals surface area contributed by atoms with Crippen molar-refractivity contribution in [2.45, 2.75) is 51.5 Å². The average Bonchev–Trinajstić information content (AvgIpc) is 2.79. The van der Waals surface area contributed by atoms with Crippen LogP contribution in [0.2, 0.25) is 5.04 Å². The molecule has 32 heavy (non-hydrogen) atoms. The Hall–Kier alpha value is -2.50. The summed E-state index contributed by atoms with van der Waals surface area (Å²) in [5, 5.41) is 2.01. The number of carbonyl (C=O) groups excluding carboxylic acids is 2. The number of rotatable bonds is 8. The monoisotopic (exact) mass is 450 g/mol. The van der Waals surface area contributed by atoms with Crippen molar-refractivity contribution in [3.8, 4) is 0 Å². The van der Waals surface area contributed by atoms with Gasteiger partial charge in [-0.25, -0.2) is 0 Å². The van der Waals surface area contributed by atoms with Crippen molar-refractivity contribution >= 4 is 30.4 Å². The first-order chi connectivity index (χ1) is 15.3. The summed E-state index contributed by atoms with van der Waals surface area (Å²) in [7, 11) is -2.87. The Morgan fingerprint density at radius 1 is 1.03 bits per heavy atom. The first-order valence-electron chi connectivity index (χ1n) is 11.3. The van der Waals surface area contributed by atoms with Crippen LogP contribution >= 0.6 is 0 Å². The molecule has 0 saturated heterocycles. The van der Waals surface area contributed by atoms with Crippen molar-refractivity contribution in [3.05, 3.63) is 73.3 Å². The summed E-state index contributed by atoms with van der Waals surface area (Å²) < 4.78 is 12.4. The minimum atomic E-state index is -2.87. The van der Waals surface area contributed by atoms with E-state index in [4.69, 9.17) is 9.16 Å². The molecule has 5 heteroatoms. The molecule has 0 radical (unpaired) electrons. The molecule has 2 aromatic carbocycles. The Morgan fingerprint density at radius 2 is 1.59 bits per heavy atom. The Morgan fingerprint density at radius 3 is 2.06 bits per heavy atom. The van der Waals surface area contributed by atoms with Crippen LogP contribution in [-0.2, 0) is 18.8 Å². The number of benzene rings is 2. The molecule has 3 rings (SSSR count). The third-order valence-corrected chi connectivity index (χ3v) is 11.4. The van der Waals surface area contributed by atoms with Crippen molar-refractivity contribution in [1.29, 1.82) is 0 Å². The quantitative estimate of drug-likeness (QED) is 0.259. The van der Waals surface area contributed by atoms with Gasteiger partial charge in [0.25, 0.3) is 8.32 Å².